The van der Waals surface area contributed by atoms with Crippen LogP contribution in [0, 0.1) is 0 Å². The van der Waals surface area contributed by atoms with E-state index < -0.39 is 8.96 Å². The maximum Gasteiger partial charge on any atom is -0.0361 e. The highest BCUT2D eigenvalue weighted by Gasteiger charge is 2.05. The molecule has 0 amide bonds. The molecular formula is C16H20NSi-. The summed E-state index contributed by atoms with van der Waals surface area (Å²) in [5.74, 6) is 0. The molecule has 0 N–H and O–H groups in total. The molecule has 0 saturated carbocycles. The van der Waals surface area contributed by atoms with Crippen molar-refractivity contribution in [2.75, 3.05) is 13.1 Å². The molecule has 0 saturated heterocycles. The molecule has 1 nitrogen and oxygen atoms in total. The van der Waals surface area contributed by atoms with E-state index in [1.165, 1.54) is 10.4 Å². The fraction of sp³-hybridized carbons (Fsp3) is 0.250. The maximum atomic E-state index is 2.59. The lowest BCUT2D eigenvalue weighted by Crippen LogP contribution is -2.56. The van der Waals surface area contributed by atoms with Crippen LogP contribution >= 0.6 is 0 Å². The molecule has 18 heavy (non-hydrogen) atoms. The summed E-state index contributed by atoms with van der Waals surface area (Å²) < 4.78 is 2.59. The van der Waals surface area contributed by atoms with Crippen molar-refractivity contribution in [2.24, 2.45) is 0 Å². The first-order valence-electron chi connectivity index (χ1n) is 6.59. The molecule has 2 aromatic rings. The van der Waals surface area contributed by atoms with Gasteiger partial charge in [0.1, 0.15) is 0 Å². The lowest BCUT2D eigenvalue weighted by Gasteiger charge is -2.44. The van der Waals surface area contributed by atoms with Gasteiger partial charge in [0.2, 0.25) is 0 Å². The van der Waals surface area contributed by atoms with Gasteiger partial charge in [-0.1, -0.05) is 74.5 Å². The molecule has 2 rings (SSSR count). The van der Waals surface area contributed by atoms with Gasteiger partial charge in [-0.05, 0) is 13.1 Å². The SMILES string of the molecule is CCN(CC)[Si-](c1ccccc1)c1ccccc1. The van der Waals surface area contributed by atoms with E-state index in [2.05, 4.69) is 79.1 Å². The summed E-state index contributed by atoms with van der Waals surface area (Å²) in [4.78, 5) is 0. The zero-order valence-electron chi connectivity index (χ0n) is 11.1. The van der Waals surface area contributed by atoms with E-state index in [-0.39, 0.29) is 0 Å². The Labute approximate surface area is 112 Å². The number of hydrogen-bond acceptors (Lipinski definition) is 1. The predicted molar refractivity (Wildman–Crippen MR) is 80.8 cm³/mol. The molecule has 2 heteroatoms. The zero-order chi connectivity index (χ0) is 12.8. The largest absolute Gasteiger partial charge is 0.451 e. The first-order valence-corrected chi connectivity index (χ1v) is 8.04. The summed E-state index contributed by atoms with van der Waals surface area (Å²) in [5, 5.41) is 2.94. The van der Waals surface area contributed by atoms with Crippen LogP contribution in [0.4, 0.5) is 0 Å². The summed E-state index contributed by atoms with van der Waals surface area (Å²) in [5.41, 5.74) is 0. The van der Waals surface area contributed by atoms with Crippen LogP contribution in [0.25, 0.3) is 0 Å². The second-order valence-electron chi connectivity index (χ2n) is 4.25. The molecule has 2 aromatic carbocycles. The first kappa shape index (κ1) is 13.1. The summed E-state index contributed by atoms with van der Waals surface area (Å²) in [6, 6.07) is 21.8. The number of hydrogen-bond donors (Lipinski definition) is 0. The van der Waals surface area contributed by atoms with E-state index in [1.54, 1.807) is 0 Å². The van der Waals surface area contributed by atoms with E-state index in [9.17, 15) is 0 Å². The fourth-order valence-corrected chi connectivity index (χ4v) is 4.98. The lowest BCUT2D eigenvalue weighted by molar-refractivity contribution is 0.491. The first-order chi connectivity index (χ1) is 8.86. The van der Waals surface area contributed by atoms with Crippen LogP contribution in [-0.4, -0.2) is 26.6 Å². The van der Waals surface area contributed by atoms with Crippen molar-refractivity contribution in [3.63, 3.8) is 0 Å². The van der Waals surface area contributed by atoms with Gasteiger partial charge in [-0.3, -0.25) is 0 Å². The second kappa shape index (κ2) is 6.52. The fourth-order valence-electron chi connectivity index (χ4n) is 2.26. The average Bonchev–Trinajstić information content (AvgIpc) is 2.46. The zero-order valence-corrected chi connectivity index (χ0v) is 12.1. The quantitative estimate of drug-likeness (QED) is 0.739. The summed E-state index contributed by atoms with van der Waals surface area (Å²) in [7, 11) is -0.807. The molecule has 0 aromatic heterocycles. The standard InChI is InChI=1S/C16H20NSi/c1-3-17(4-2)18(15-11-7-5-8-12-15)16-13-9-6-10-14-16/h5-14H,3-4H2,1-2H3/q-1. The Balaban J connectivity index is 2.41. The maximum absolute atomic E-state index is 2.59. The van der Waals surface area contributed by atoms with Crippen molar-refractivity contribution in [2.45, 2.75) is 13.8 Å². The number of rotatable bonds is 5. The molecule has 0 fully saturated rings. The van der Waals surface area contributed by atoms with Gasteiger partial charge in [-0.25, -0.2) is 0 Å². The minimum atomic E-state index is -0.807. The minimum Gasteiger partial charge on any atom is -0.451 e. The third-order valence-corrected chi connectivity index (χ3v) is 6.20. The Kier molecular flexibility index (Phi) is 4.73. The van der Waals surface area contributed by atoms with Gasteiger partial charge in [-0.2, -0.15) is 19.3 Å². The Morgan fingerprint density at radius 3 is 1.44 bits per heavy atom. The van der Waals surface area contributed by atoms with Gasteiger partial charge in [-0.15, -0.1) is 0 Å². The summed E-state index contributed by atoms with van der Waals surface area (Å²) in [6.07, 6.45) is 0. The van der Waals surface area contributed by atoms with E-state index in [1.807, 2.05) is 0 Å². The van der Waals surface area contributed by atoms with E-state index in [4.69, 9.17) is 0 Å². The van der Waals surface area contributed by atoms with Crippen molar-refractivity contribution in [3.8, 4) is 0 Å². The second-order valence-corrected chi connectivity index (χ2v) is 6.74. The lowest BCUT2D eigenvalue weighted by atomic mass is 10.4. The predicted octanol–water partition coefficient (Wildman–Crippen LogP) is 2.13. The molecule has 0 bridgehead atoms. The summed E-state index contributed by atoms with van der Waals surface area (Å²) >= 11 is 0. The van der Waals surface area contributed by atoms with Crippen LogP contribution in [0.15, 0.2) is 60.7 Å². The summed E-state index contributed by atoms with van der Waals surface area (Å²) in [6.45, 7) is 6.71. The highest BCUT2D eigenvalue weighted by atomic mass is 28.3. The molecule has 0 aliphatic rings. The monoisotopic (exact) mass is 254 g/mol. The van der Waals surface area contributed by atoms with Gasteiger partial charge in [0, 0.05) is 0 Å². The third-order valence-electron chi connectivity index (χ3n) is 3.17. The number of nitrogens with zero attached hydrogens (tertiary/aromatic N) is 1. The molecule has 0 aliphatic carbocycles. The molecular weight excluding hydrogens is 234 g/mol. The molecule has 0 atom stereocenters. The van der Waals surface area contributed by atoms with Gasteiger partial charge < -0.3 is 4.57 Å². The molecule has 0 spiro atoms. The van der Waals surface area contributed by atoms with Gasteiger partial charge in [0.05, 0.1) is 0 Å². The minimum absolute atomic E-state index is 0.807. The van der Waals surface area contributed by atoms with Crippen LogP contribution in [-0.2, 0) is 0 Å². The molecule has 0 radical (unpaired) electrons. The van der Waals surface area contributed by atoms with Crippen LogP contribution in [0.3, 0.4) is 0 Å². The average molecular weight is 254 g/mol. The molecule has 0 heterocycles. The van der Waals surface area contributed by atoms with Crippen LogP contribution < -0.4 is 10.4 Å². The Morgan fingerprint density at radius 2 is 1.11 bits per heavy atom. The Morgan fingerprint density at radius 1 is 0.722 bits per heavy atom. The molecule has 0 aliphatic heterocycles. The highest BCUT2D eigenvalue weighted by Crippen LogP contribution is 1.99. The molecule has 94 valence electrons. The highest BCUT2D eigenvalue weighted by molar-refractivity contribution is 6.82. The van der Waals surface area contributed by atoms with Crippen LogP contribution in [0.5, 0.6) is 0 Å². The van der Waals surface area contributed by atoms with Crippen LogP contribution in [0.1, 0.15) is 13.8 Å². The van der Waals surface area contributed by atoms with Crippen molar-refractivity contribution in [3.05, 3.63) is 60.7 Å². The topological polar surface area (TPSA) is 3.24 Å². The number of benzene rings is 2. The van der Waals surface area contributed by atoms with Crippen molar-refractivity contribution in [1.29, 1.82) is 0 Å². The normalized spacial score (nSPS) is 10.6. The van der Waals surface area contributed by atoms with Crippen molar-refractivity contribution in [1.82, 2.24) is 4.57 Å². The Hall–Kier alpha value is -1.38. The van der Waals surface area contributed by atoms with Gasteiger partial charge >= 0.3 is 0 Å². The van der Waals surface area contributed by atoms with E-state index in [0.29, 0.717) is 0 Å². The van der Waals surface area contributed by atoms with Crippen molar-refractivity contribution >= 4 is 19.3 Å². The molecule has 0 unspecified atom stereocenters. The Bertz CT molecular complexity index is 412. The smallest absolute Gasteiger partial charge is 0.0361 e. The van der Waals surface area contributed by atoms with Gasteiger partial charge in [0.25, 0.3) is 0 Å². The third kappa shape index (κ3) is 2.89. The van der Waals surface area contributed by atoms with Gasteiger partial charge in [0.15, 0.2) is 0 Å². The van der Waals surface area contributed by atoms with E-state index in [0.717, 1.165) is 13.1 Å². The van der Waals surface area contributed by atoms with Crippen molar-refractivity contribution < 1.29 is 0 Å². The van der Waals surface area contributed by atoms with Crippen LogP contribution in [0.2, 0.25) is 0 Å². The van der Waals surface area contributed by atoms with E-state index >= 15 is 0 Å².